The van der Waals surface area contributed by atoms with Gasteiger partial charge in [-0.2, -0.15) is 0 Å². The second-order valence-corrected chi connectivity index (χ2v) is 4.85. The van der Waals surface area contributed by atoms with Crippen LogP contribution in [-0.4, -0.2) is 23.9 Å². The van der Waals surface area contributed by atoms with E-state index in [4.69, 9.17) is 0 Å². The topological polar surface area (TPSA) is 86.7 Å². The number of esters is 4. The van der Waals surface area contributed by atoms with E-state index in [9.17, 15) is 19.2 Å². The first-order chi connectivity index (χ1) is 7.34. The van der Waals surface area contributed by atoms with Gasteiger partial charge in [-0.1, -0.05) is 0 Å². The largest absolute Gasteiger partial charge is 0.392 e. The van der Waals surface area contributed by atoms with Crippen LogP contribution < -0.4 is 0 Å². The van der Waals surface area contributed by atoms with Gasteiger partial charge in [0.2, 0.25) is 0 Å². The van der Waals surface area contributed by atoms with Gasteiger partial charge in [0.15, 0.2) is 0 Å². The third-order valence-corrected chi connectivity index (χ3v) is 4.14. The summed E-state index contributed by atoms with van der Waals surface area (Å²) in [6, 6.07) is 0. The Bertz CT molecular complexity index is 424. The maximum atomic E-state index is 11.5. The van der Waals surface area contributed by atoms with Gasteiger partial charge >= 0.3 is 23.9 Å². The van der Waals surface area contributed by atoms with Gasteiger partial charge in [0.1, 0.15) is 0 Å². The lowest BCUT2D eigenvalue weighted by Gasteiger charge is -2.50. The fraction of sp³-hybridized carbons (Fsp3) is 0.600. The Kier molecular flexibility index (Phi) is 1.30. The summed E-state index contributed by atoms with van der Waals surface area (Å²) in [6.45, 7) is 2.94. The fourth-order valence-corrected chi connectivity index (χ4v) is 3.45. The van der Waals surface area contributed by atoms with Crippen molar-refractivity contribution in [1.82, 2.24) is 0 Å². The van der Waals surface area contributed by atoms with E-state index in [1.807, 2.05) is 0 Å². The molecule has 0 amide bonds. The lowest BCUT2D eigenvalue weighted by molar-refractivity contribution is -0.180. The highest BCUT2D eigenvalue weighted by atomic mass is 16.6. The van der Waals surface area contributed by atoms with Gasteiger partial charge in [-0.3, -0.25) is 19.2 Å². The van der Waals surface area contributed by atoms with E-state index in [1.54, 1.807) is 0 Å². The molecule has 0 aromatic carbocycles. The highest BCUT2D eigenvalue weighted by Crippen LogP contribution is 2.70. The Morgan fingerprint density at radius 3 is 1.44 bits per heavy atom. The van der Waals surface area contributed by atoms with Crippen LogP contribution in [0.25, 0.3) is 0 Å². The van der Waals surface area contributed by atoms with Crippen molar-refractivity contribution in [2.75, 3.05) is 0 Å². The molecule has 0 spiro atoms. The van der Waals surface area contributed by atoms with Crippen LogP contribution in [0.5, 0.6) is 0 Å². The van der Waals surface area contributed by atoms with Crippen molar-refractivity contribution in [3.63, 3.8) is 0 Å². The summed E-state index contributed by atoms with van der Waals surface area (Å²) < 4.78 is 9.02. The van der Waals surface area contributed by atoms with E-state index < -0.39 is 46.5 Å². The number of carbonyl (C=O) groups is 4. The Morgan fingerprint density at radius 2 is 1.12 bits per heavy atom. The molecule has 3 aliphatic rings. The van der Waals surface area contributed by atoms with Gasteiger partial charge in [0.05, 0.1) is 22.7 Å². The number of carbonyl (C=O) groups excluding carboxylic acids is 4. The van der Waals surface area contributed by atoms with Crippen LogP contribution in [0.4, 0.5) is 0 Å². The van der Waals surface area contributed by atoms with E-state index in [-0.39, 0.29) is 0 Å². The summed E-state index contributed by atoms with van der Waals surface area (Å²) in [7, 11) is 0. The van der Waals surface area contributed by atoms with Gasteiger partial charge in [-0.05, 0) is 13.8 Å². The van der Waals surface area contributed by atoms with Crippen molar-refractivity contribution in [2.45, 2.75) is 13.8 Å². The predicted molar refractivity (Wildman–Crippen MR) is 45.4 cm³/mol. The fourth-order valence-electron chi connectivity index (χ4n) is 3.45. The number of hydrogen-bond donors (Lipinski definition) is 0. The van der Waals surface area contributed by atoms with Crippen LogP contribution in [0.15, 0.2) is 0 Å². The second-order valence-electron chi connectivity index (χ2n) is 4.85. The molecule has 0 N–H and O–H groups in total. The minimum absolute atomic E-state index is 0.738. The van der Waals surface area contributed by atoms with E-state index in [1.165, 1.54) is 13.8 Å². The molecule has 0 unspecified atom stereocenters. The second kappa shape index (κ2) is 2.18. The molecule has 1 saturated carbocycles. The van der Waals surface area contributed by atoms with Gasteiger partial charge in [0.25, 0.3) is 0 Å². The van der Waals surface area contributed by atoms with Gasteiger partial charge in [-0.25, -0.2) is 0 Å². The van der Waals surface area contributed by atoms with E-state index in [0.717, 1.165) is 0 Å². The molecule has 84 valence electrons. The SMILES string of the molecule is CC12C(=O)OC(=O)C1C1(C)C(=O)OC(=O)C21. The average Bonchev–Trinajstić information content (AvgIpc) is 2.44. The lowest BCUT2D eigenvalue weighted by atomic mass is 9.41. The number of ether oxygens (including phenoxy) is 2. The molecule has 3 rings (SSSR count). The highest BCUT2D eigenvalue weighted by Gasteiger charge is 2.85. The molecule has 0 aromatic rings. The molecule has 6 nitrogen and oxygen atoms in total. The highest BCUT2D eigenvalue weighted by molar-refractivity contribution is 6.14. The maximum Gasteiger partial charge on any atom is 0.321 e. The van der Waals surface area contributed by atoms with Gasteiger partial charge in [-0.15, -0.1) is 0 Å². The zero-order valence-corrected chi connectivity index (χ0v) is 8.60. The van der Waals surface area contributed by atoms with Crippen LogP contribution in [-0.2, 0) is 28.7 Å². The first-order valence-electron chi connectivity index (χ1n) is 4.87. The summed E-state index contributed by atoms with van der Waals surface area (Å²) in [5.74, 6) is -4.74. The molecule has 3 fully saturated rings. The normalized spacial score (nSPS) is 49.4. The zero-order valence-electron chi connectivity index (χ0n) is 8.60. The summed E-state index contributed by atoms with van der Waals surface area (Å²) in [5, 5.41) is 0. The van der Waals surface area contributed by atoms with E-state index >= 15 is 0 Å². The molecule has 0 radical (unpaired) electrons. The summed E-state index contributed by atoms with van der Waals surface area (Å²) in [4.78, 5) is 46.1. The molecule has 2 saturated heterocycles. The molecular formula is C10H8O6. The standard InChI is InChI=1S/C10H8O6/c1-9-3(5(11)15-7(9)13)10(2)4(9)6(12)16-8(10)14/h3-4H,1-2H3. The van der Waals surface area contributed by atoms with Crippen molar-refractivity contribution in [3.05, 3.63) is 0 Å². The third kappa shape index (κ3) is 0.618. The molecule has 0 bridgehead atoms. The maximum absolute atomic E-state index is 11.5. The lowest BCUT2D eigenvalue weighted by Crippen LogP contribution is -2.65. The van der Waals surface area contributed by atoms with Crippen LogP contribution in [0.3, 0.4) is 0 Å². The first-order valence-corrected chi connectivity index (χ1v) is 4.87. The molecule has 2 heterocycles. The predicted octanol–water partition coefficient (Wildman–Crippen LogP) is -0.588. The Morgan fingerprint density at radius 1 is 0.812 bits per heavy atom. The number of cyclic esters (lactones) is 4. The van der Waals surface area contributed by atoms with Gasteiger partial charge < -0.3 is 9.47 Å². The van der Waals surface area contributed by atoms with Crippen molar-refractivity contribution in [3.8, 4) is 0 Å². The van der Waals surface area contributed by atoms with Crippen LogP contribution in [0, 0.1) is 22.7 Å². The number of fused-ring (bicyclic) bond motifs is 4. The molecule has 2 aliphatic heterocycles. The van der Waals surface area contributed by atoms with Crippen molar-refractivity contribution in [2.24, 2.45) is 22.7 Å². The Hall–Kier alpha value is -1.72. The average molecular weight is 224 g/mol. The monoisotopic (exact) mass is 224 g/mol. The summed E-state index contributed by atoms with van der Waals surface area (Å²) >= 11 is 0. The van der Waals surface area contributed by atoms with Crippen LogP contribution in [0.1, 0.15) is 13.8 Å². The molecule has 0 atom stereocenters. The summed E-state index contributed by atoms with van der Waals surface area (Å²) in [5.41, 5.74) is -2.45. The Labute approximate surface area is 89.9 Å². The van der Waals surface area contributed by atoms with Crippen LogP contribution in [0.2, 0.25) is 0 Å². The molecule has 6 heteroatoms. The van der Waals surface area contributed by atoms with Crippen molar-refractivity contribution in [1.29, 1.82) is 0 Å². The minimum atomic E-state index is -1.23. The first kappa shape index (κ1) is 9.50. The third-order valence-electron chi connectivity index (χ3n) is 4.14. The number of hydrogen-bond acceptors (Lipinski definition) is 6. The van der Waals surface area contributed by atoms with E-state index in [2.05, 4.69) is 9.47 Å². The van der Waals surface area contributed by atoms with Crippen molar-refractivity contribution < 1.29 is 28.7 Å². The van der Waals surface area contributed by atoms with Crippen LogP contribution >= 0.6 is 0 Å². The molecule has 0 aromatic heterocycles. The Balaban J connectivity index is 2.20. The zero-order chi connectivity index (χ0) is 11.9. The summed E-state index contributed by atoms with van der Waals surface area (Å²) in [6.07, 6.45) is 0. The molecule has 16 heavy (non-hydrogen) atoms. The number of rotatable bonds is 0. The van der Waals surface area contributed by atoms with Crippen molar-refractivity contribution >= 4 is 23.9 Å². The molecular weight excluding hydrogens is 216 g/mol. The molecule has 1 aliphatic carbocycles. The quantitative estimate of drug-likeness (QED) is 0.404. The minimum Gasteiger partial charge on any atom is -0.392 e. The smallest absolute Gasteiger partial charge is 0.321 e. The van der Waals surface area contributed by atoms with E-state index in [0.29, 0.717) is 0 Å². The van der Waals surface area contributed by atoms with Gasteiger partial charge in [0, 0.05) is 0 Å².